The van der Waals surface area contributed by atoms with Crippen LogP contribution in [0.2, 0.25) is 0 Å². The summed E-state index contributed by atoms with van der Waals surface area (Å²) in [5.74, 6) is 1.91. The van der Waals surface area contributed by atoms with Gasteiger partial charge in [-0.1, -0.05) is 37.3 Å². The van der Waals surface area contributed by atoms with Crippen molar-refractivity contribution in [3.63, 3.8) is 0 Å². The Bertz CT molecular complexity index is 697. The number of rotatable bonds is 6. The van der Waals surface area contributed by atoms with E-state index in [0.717, 1.165) is 57.2 Å². The number of piperidine rings is 1. The molecule has 0 unspecified atom stereocenters. The first-order valence-corrected chi connectivity index (χ1v) is 9.38. The van der Waals surface area contributed by atoms with Crippen molar-refractivity contribution in [3.8, 4) is 0 Å². The predicted octanol–water partition coefficient (Wildman–Crippen LogP) is 2.06. The zero-order valence-electron chi connectivity index (χ0n) is 15.8. The van der Waals surface area contributed by atoms with E-state index >= 15 is 0 Å². The van der Waals surface area contributed by atoms with Crippen LogP contribution in [0.5, 0.6) is 0 Å². The number of aryl methyl sites for hydroxylation is 1. The predicted molar refractivity (Wildman–Crippen MR) is 117 cm³/mol. The average Bonchev–Trinajstić information content (AvgIpc) is 3.13. The molecule has 0 saturated carbocycles. The second kappa shape index (κ2) is 11.2. The highest BCUT2D eigenvalue weighted by Crippen LogP contribution is 2.11. The van der Waals surface area contributed by atoms with E-state index in [4.69, 9.17) is 4.99 Å². The second-order valence-electron chi connectivity index (χ2n) is 6.56. The van der Waals surface area contributed by atoms with Crippen molar-refractivity contribution in [2.75, 3.05) is 19.6 Å². The van der Waals surface area contributed by atoms with Crippen LogP contribution in [0, 0.1) is 0 Å². The van der Waals surface area contributed by atoms with Gasteiger partial charge in [0, 0.05) is 32.6 Å². The van der Waals surface area contributed by atoms with E-state index in [0.29, 0.717) is 6.54 Å². The molecule has 1 saturated heterocycles. The van der Waals surface area contributed by atoms with Gasteiger partial charge in [-0.3, -0.25) is 0 Å². The molecular weight excluding hydrogens is 455 g/mol. The Morgan fingerprint density at radius 3 is 2.70 bits per heavy atom. The largest absolute Gasteiger partial charge is 0.393 e. The first kappa shape index (κ1) is 21.6. The van der Waals surface area contributed by atoms with Gasteiger partial charge >= 0.3 is 0 Å². The molecule has 2 aromatic rings. The number of aliphatic imine (C=N–C) groups is 1. The first-order chi connectivity index (χ1) is 12.8. The molecule has 27 heavy (non-hydrogen) atoms. The summed E-state index contributed by atoms with van der Waals surface area (Å²) in [6.45, 7) is 5.95. The molecule has 148 valence electrons. The van der Waals surface area contributed by atoms with Crippen LogP contribution in [-0.4, -0.2) is 56.5 Å². The minimum absolute atomic E-state index is 0. The number of aromatic nitrogens is 3. The first-order valence-electron chi connectivity index (χ1n) is 9.38. The summed E-state index contributed by atoms with van der Waals surface area (Å²) < 4.78 is 2.07. The maximum absolute atomic E-state index is 9.77. The van der Waals surface area contributed by atoms with Gasteiger partial charge in [0.25, 0.3) is 0 Å². The summed E-state index contributed by atoms with van der Waals surface area (Å²) in [4.78, 5) is 7.05. The molecule has 7 nitrogen and oxygen atoms in total. The zero-order valence-corrected chi connectivity index (χ0v) is 18.1. The van der Waals surface area contributed by atoms with Crippen molar-refractivity contribution in [3.05, 3.63) is 48.0 Å². The van der Waals surface area contributed by atoms with Crippen LogP contribution in [0.15, 0.2) is 41.7 Å². The lowest BCUT2D eigenvalue weighted by molar-refractivity contribution is 0.108. The van der Waals surface area contributed by atoms with Crippen molar-refractivity contribution in [2.45, 2.75) is 45.4 Å². The van der Waals surface area contributed by atoms with Gasteiger partial charge in [-0.15, -0.1) is 34.2 Å². The number of nitrogens with zero attached hydrogens (tertiary/aromatic N) is 5. The van der Waals surface area contributed by atoms with Crippen molar-refractivity contribution in [1.82, 2.24) is 25.0 Å². The molecule has 0 spiro atoms. The number of aliphatic hydroxyl groups excluding tert-OH is 1. The van der Waals surface area contributed by atoms with Gasteiger partial charge in [0.2, 0.25) is 0 Å². The molecule has 3 rings (SSSR count). The average molecular weight is 484 g/mol. The Hall–Kier alpha value is -1.68. The van der Waals surface area contributed by atoms with Gasteiger partial charge in [-0.2, -0.15) is 0 Å². The van der Waals surface area contributed by atoms with E-state index in [1.807, 2.05) is 18.2 Å². The summed E-state index contributed by atoms with van der Waals surface area (Å²) in [6, 6.07) is 10.3. The van der Waals surface area contributed by atoms with Crippen LogP contribution >= 0.6 is 24.0 Å². The van der Waals surface area contributed by atoms with Crippen LogP contribution in [-0.2, 0) is 19.5 Å². The topological polar surface area (TPSA) is 78.6 Å². The molecule has 2 N–H and O–H groups in total. The van der Waals surface area contributed by atoms with Crippen LogP contribution in [0.25, 0.3) is 0 Å². The van der Waals surface area contributed by atoms with Gasteiger partial charge in [-0.05, 0) is 18.4 Å². The third kappa shape index (κ3) is 6.46. The van der Waals surface area contributed by atoms with Gasteiger partial charge < -0.3 is 19.9 Å². The molecule has 8 heteroatoms. The number of hydrogen-bond acceptors (Lipinski definition) is 4. The van der Waals surface area contributed by atoms with Crippen LogP contribution in [0.3, 0.4) is 0 Å². The highest BCUT2D eigenvalue weighted by molar-refractivity contribution is 14.0. The summed E-state index contributed by atoms with van der Waals surface area (Å²) in [5, 5.41) is 21.4. The Balaban J connectivity index is 0.00000261. The fourth-order valence-electron chi connectivity index (χ4n) is 3.12. The fraction of sp³-hybridized carbons (Fsp3) is 0.526. The highest BCUT2D eigenvalue weighted by Gasteiger charge is 2.19. The SMILES string of the molecule is CCc1nncn1CCNC(=NCc1ccccc1)N1CCC(O)CC1.I. The normalized spacial score (nSPS) is 15.5. The van der Waals surface area contributed by atoms with E-state index in [9.17, 15) is 5.11 Å². The Morgan fingerprint density at radius 2 is 2.00 bits per heavy atom. The fourth-order valence-corrected chi connectivity index (χ4v) is 3.12. The summed E-state index contributed by atoms with van der Waals surface area (Å²) in [6.07, 6.45) is 4.04. The van der Waals surface area contributed by atoms with E-state index < -0.39 is 0 Å². The third-order valence-electron chi connectivity index (χ3n) is 4.67. The smallest absolute Gasteiger partial charge is 0.194 e. The molecule has 1 fully saturated rings. The van der Waals surface area contributed by atoms with E-state index in [-0.39, 0.29) is 30.1 Å². The molecule has 0 amide bonds. The van der Waals surface area contributed by atoms with Crippen LogP contribution in [0.4, 0.5) is 0 Å². The number of guanidine groups is 1. The Morgan fingerprint density at radius 1 is 1.26 bits per heavy atom. The summed E-state index contributed by atoms with van der Waals surface area (Å²) in [7, 11) is 0. The zero-order chi connectivity index (χ0) is 18.2. The molecule has 0 bridgehead atoms. The lowest BCUT2D eigenvalue weighted by Gasteiger charge is -2.32. The van der Waals surface area contributed by atoms with Gasteiger partial charge in [0.15, 0.2) is 5.96 Å². The number of nitrogens with one attached hydrogen (secondary N) is 1. The monoisotopic (exact) mass is 484 g/mol. The van der Waals surface area contributed by atoms with Gasteiger partial charge in [-0.25, -0.2) is 4.99 Å². The molecule has 0 aliphatic carbocycles. The molecule has 0 atom stereocenters. The number of aliphatic hydroxyl groups is 1. The quantitative estimate of drug-likeness (QED) is 0.373. The maximum Gasteiger partial charge on any atom is 0.194 e. The van der Waals surface area contributed by atoms with Gasteiger partial charge in [0.1, 0.15) is 12.2 Å². The minimum Gasteiger partial charge on any atom is -0.393 e. The molecule has 0 radical (unpaired) electrons. The molecule has 1 aromatic carbocycles. The molecular formula is C19H29IN6O. The van der Waals surface area contributed by atoms with Crippen molar-refractivity contribution in [2.24, 2.45) is 4.99 Å². The van der Waals surface area contributed by atoms with Crippen molar-refractivity contribution in [1.29, 1.82) is 0 Å². The molecule has 2 heterocycles. The number of hydrogen-bond donors (Lipinski definition) is 2. The summed E-state index contributed by atoms with van der Waals surface area (Å²) in [5.41, 5.74) is 1.19. The summed E-state index contributed by atoms with van der Waals surface area (Å²) >= 11 is 0. The highest BCUT2D eigenvalue weighted by atomic mass is 127. The van der Waals surface area contributed by atoms with Crippen molar-refractivity contribution < 1.29 is 5.11 Å². The molecule has 1 aliphatic rings. The van der Waals surface area contributed by atoms with E-state index in [1.54, 1.807) is 6.33 Å². The molecule has 1 aliphatic heterocycles. The second-order valence-corrected chi connectivity index (χ2v) is 6.56. The lowest BCUT2D eigenvalue weighted by atomic mass is 10.1. The van der Waals surface area contributed by atoms with Crippen LogP contribution < -0.4 is 5.32 Å². The van der Waals surface area contributed by atoms with Crippen LogP contribution in [0.1, 0.15) is 31.2 Å². The number of likely N-dealkylation sites (tertiary alicyclic amines) is 1. The third-order valence-corrected chi connectivity index (χ3v) is 4.67. The van der Waals surface area contributed by atoms with Gasteiger partial charge in [0.05, 0.1) is 12.6 Å². The number of halogens is 1. The van der Waals surface area contributed by atoms with E-state index in [2.05, 4.69) is 44.0 Å². The molecule has 1 aromatic heterocycles. The minimum atomic E-state index is -0.189. The lowest BCUT2D eigenvalue weighted by Crippen LogP contribution is -2.47. The number of benzene rings is 1. The van der Waals surface area contributed by atoms with E-state index in [1.165, 1.54) is 5.56 Å². The van der Waals surface area contributed by atoms with Crippen molar-refractivity contribution >= 4 is 29.9 Å². The Kier molecular flexibility index (Phi) is 8.99. The standard InChI is InChI=1S/C19H28N6O.HI/c1-2-18-23-22-15-25(18)13-10-20-19(24-11-8-17(26)9-12-24)21-14-16-6-4-3-5-7-16;/h3-7,15,17,26H,2,8-14H2,1H3,(H,20,21);1H. The Labute approximate surface area is 177 Å². The maximum atomic E-state index is 9.77.